The van der Waals surface area contributed by atoms with Crippen molar-refractivity contribution >= 4 is 0 Å². The Bertz CT molecular complexity index is 774. The van der Waals surface area contributed by atoms with Crippen LogP contribution in [0.3, 0.4) is 0 Å². The number of hydrogen-bond donors (Lipinski definition) is 0. The van der Waals surface area contributed by atoms with Crippen molar-refractivity contribution in [3.8, 4) is 5.75 Å². The smallest absolute Gasteiger partial charge is 0.172 e. The lowest BCUT2D eigenvalue weighted by atomic mass is 9.73. The maximum Gasteiger partial charge on any atom is 0.172 e. The Labute approximate surface area is 206 Å². The van der Waals surface area contributed by atoms with E-state index < -0.39 is 5.79 Å². The lowest BCUT2D eigenvalue weighted by molar-refractivity contribution is -0.345. The van der Waals surface area contributed by atoms with Crippen LogP contribution in [0.1, 0.15) is 85.1 Å². The quantitative estimate of drug-likeness (QED) is 0.363. The van der Waals surface area contributed by atoms with Crippen molar-refractivity contribution < 1.29 is 23.8 Å². The number of rotatable bonds is 12. The van der Waals surface area contributed by atoms with Gasteiger partial charge in [-0.15, -0.1) is 0 Å². The molecule has 1 aromatic carbocycles. The third-order valence-electron chi connectivity index (χ3n) is 7.76. The van der Waals surface area contributed by atoms with Crippen LogP contribution in [-0.2, 0) is 25.5 Å². The number of hydrogen-bond acceptors (Lipinski definition) is 6. The highest BCUT2D eigenvalue weighted by atomic mass is 16.7. The Kier molecular flexibility index (Phi) is 8.25. The van der Waals surface area contributed by atoms with E-state index in [9.17, 15) is 0 Å². The second-order valence-corrected chi connectivity index (χ2v) is 11.0. The topological polar surface area (TPSA) is 52.7 Å². The summed E-state index contributed by atoms with van der Waals surface area (Å²) in [5, 5.41) is 2.30. The number of piperidine rings is 1. The standard InChI is InChI=1S/C28H45NO5/c1-6-9-10-24-19-32-28(34-24)20-26(4,5)29(27(7-2,8-3)21-28)33-16-15-22-11-13-23(14-12-22)30-17-25-18-31-25/h11-14,24-25H,6-10,15-21H2,1-5H3. The zero-order chi connectivity index (χ0) is 24.2. The molecule has 0 aromatic heterocycles. The van der Waals surface area contributed by atoms with Gasteiger partial charge < -0.3 is 18.9 Å². The van der Waals surface area contributed by atoms with Crippen LogP contribution in [0.5, 0.6) is 5.75 Å². The molecule has 1 spiro atoms. The molecule has 34 heavy (non-hydrogen) atoms. The van der Waals surface area contributed by atoms with E-state index >= 15 is 0 Å². The molecule has 3 fully saturated rings. The summed E-state index contributed by atoms with van der Waals surface area (Å²) in [6.45, 7) is 14.1. The van der Waals surface area contributed by atoms with Crippen molar-refractivity contribution in [3.05, 3.63) is 29.8 Å². The first-order valence-electron chi connectivity index (χ1n) is 13.4. The van der Waals surface area contributed by atoms with E-state index in [1.165, 1.54) is 18.4 Å². The Morgan fingerprint density at radius 2 is 1.74 bits per heavy atom. The van der Waals surface area contributed by atoms with Gasteiger partial charge in [0.2, 0.25) is 0 Å². The highest BCUT2D eigenvalue weighted by molar-refractivity contribution is 5.27. The first-order valence-corrected chi connectivity index (χ1v) is 13.4. The zero-order valence-electron chi connectivity index (χ0n) is 21.9. The summed E-state index contributed by atoms with van der Waals surface area (Å²) in [5.41, 5.74) is 0.956. The molecule has 3 unspecified atom stereocenters. The molecular weight excluding hydrogens is 430 g/mol. The molecule has 3 aliphatic heterocycles. The largest absolute Gasteiger partial charge is 0.491 e. The van der Waals surface area contributed by atoms with Crippen molar-refractivity contribution in [2.75, 3.05) is 26.4 Å². The van der Waals surface area contributed by atoms with Crippen LogP contribution in [0.25, 0.3) is 0 Å². The molecule has 0 bridgehead atoms. The van der Waals surface area contributed by atoms with E-state index in [-0.39, 0.29) is 23.3 Å². The fourth-order valence-corrected chi connectivity index (χ4v) is 5.84. The van der Waals surface area contributed by atoms with Crippen LogP contribution in [0.15, 0.2) is 24.3 Å². The van der Waals surface area contributed by atoms with E-state index in [1.807, 2.05) is 12.1 Å². The second kappa shape index (κ2) is 10.8. The van der Waals surface area contributed by atoms with Gasteiger partial charge in [0.25, 0.3) is 0 Å². The highest BCUT2D eigenvalue weighted by Gasteiger charge is 2.59. The number of nitrogens with zero attached hydrogens (tertiary/aromatic N) is 1. The minimum Gasteiger partial charge on any atom is -0.491 e. The molecule has 3 saturated heterocycles. The minimum absolute atomic E-state index is 0.107. The molecule has 4 rings (SSSR count). The number of ether oxygens (including phenoxy) is 4. The lowest BCUT2D eigenvalue weighted by Crippen LogP contribution is -2.67. The third kappa shape index (κ3) is 5.96. The number of unbranched alkanes of at least 4 members (excludes halogenated alkanes) is 1. The molecule has 0 aliphatic carbocycles. The number of benzene rings is 1. The molecule has 0 radical (unpaired) electrons. The summed E-state index contributed by atoms with van der Waals surface area (Å²) in [4.78, 5) is 6.59. The molecular formula is C28H45NO5. The molecule has 3 heterocycles. The zero-order valence-corrected chi connectivity index (χ0v) is 21.9. The Balaban J connectivity index is 1.36. The summed E-state index contributed by atoms with van der Waals surface area (Å²) in [7, 11) is 0. The van der Waals surface area contributed by atoms with Gasteiger partial charge in [-0.05, 0) is 57.2 Å². The first kappa shape index (κ1) is 25.9. The fraction of sp³-hybridized carbons (Fsp3) is 0.786. The van der Waals surface area contributed by atoms with Gasteiger partial charge >= 0.3 is 0 Å². The summed E-state index contributed by atoms with van der Waals surface area (Å²) < 4.78 is 24.0. The van der Waals surface area contributed by atoms with Crippen molar-refractivity contribution in [3.63, 3.8) is 0 Å². The maximum absolute atomic E-state index is 6.63. The van der Waals surface area contributed by atoms with Crippen molar-refractivity contribution in [2.24, 2.45) is 0 Å². The van der Waals surface area contributed by atoms with Gasteiger partial charge in [-0.1, -0.05) is 45.7 Å². The van der Waals surface area contributed by atoms with Crippen molar-refractivity contribution in [2.45, 2.75) is 115 Å². The van der Waals surface area contributed by atoms with E-state index in [4.69, 9.17) is 23.8 Å². The Hall–Kier alpha value is -1.18. The van der Waals surface area contributed by atoms with Gasteiger partial charge in [0.1, 0.15) is 18.5 Å². The molecule has 0 saturated carbocycles. The Morgan fingerprint density at radius 3 is 2.38 bits per heavy atom. The van der Waals surface area contributed by atoms with E-state index in [2.05, 4.69) is 51.8 Å². The van der Waals surface area contributed by atoms with Crippen molar-refractivity contribution in [1.82, 2.24) is 5.06 Å². The predicted octanol–water partition coefficient (Wildman–Crippen LogP) is 5.67. The molecule has 0 amide bonds. The van der Waals surface area contributed by atoms with E-state index in [0.717, 1.165) is 50.9 Å². The summed E-state index contributed by atoms with van der Waals surface area (Å²) >= 11 is 0. The van der Waals surface area contributed by atoms with Crippen LogP contribution in [-0.4, -0.2) is 60.6 Å². The van der Waals surface area contributed by atoms with Gasteiger partial charge in [0.05, 0.1) is 31.5 Å². The molecule has 1 aromatic rings. The summed E-state index contributed by atoms with van der Waals surface area (Å²) in [6, 6.07) is 8.34. The van der Waals surface area contributed by atoms with Gasteiger partial charge in [-0.3, -0.25) is 4.84 Å². The average Bonchev–Trinajstić information content (AvgIpc) is 3.58. The maximum atomic E-state index is 6.63. The first-order chi connectivity index (χ1) is 16.3. The fourth-order valence-electron chi connectivity index (χ4n) is 5.84. The average molecular weight is 476 g/mol. The van der Waals surface area contributed by atoms with Crippen LogP contribution >= 0.6 is 0 Å². The van der Waals surface area contributed by atoms with Gasteiger partial charge in [0, 0.05) is 18.4 Å². The third-order valence-corrected chi connectivity index (χ3v) is 7.76. The second-order valence-electron chi connectivity index (χ2n) is 11.0. The molecule has 6 heteroatoms. The van der Waals surface area contributed by atoms with Gasteiger partial charge in [-0.2, -0.15) is 5.06 Å². The predicted molar refractivity (Wildman–Crippen MR) is 133 cm³/mol. The van der Waals surface area contributed by atoms with Crippen molar-refractivity contribution in [1.29, 1.82) is 0 Å². The SMILES string of the molecule is CCCCC1COC2(CC(C)(C)N(OCCc3ccc(OCC4CO4)cc3)C(CC)(CC)C2)O1. The molecule has 192 valence electrons. The van der Waals surface area contributed by atoms with Crippen LogP contribution in [0, 0.1) is 0 Å². The summed E-state index contributed by atoms with van der Waals surface area (Å²) in [5.74, 6) is 0.405. The van der Waals surface area contributed by atoms with Crippen LogP contribution < -0.4 is 4.74 Å². The van der Waals surface area contributed by atoms with Gasteiger partial charge in [0.15, 0.2) is 5.79 Å². The number of epoxide rings is 1. The monoisotopic (exact) mass is 475 g/mol. The molecule has 3 aliphatic rings. The van der Waals surface area contributed by atoms with Gasteiger partial charge in [-0.25, -0.2) is 0 Å². The molecule has 0 N–H and O–H groups in total. The minimum atomic E-state index is -0.491. The van der Waals surface area contributed by atoms with Crippen LogP contribution in [0.4, 0.5) is 0 Å². The number of hydroxylamine groups is 2. The highest BCUT2D eigenvalue weighted by Crippen LogP contribution is 2.51. The molecule has 3 atom stereocenters. The van der Waals surface area contributed by atoms with E-state index in [1.54, 1.807) is 0 Å². The summed E-state index contributed by atoms with van der Waals surface area (Å²) in [6.07, 6.45) is 8.50. The normalized spacial score (nSPS) is 30.0. The Morgan fingerprint density at radius 1 is 1.00 bits per heavy atom. The van der Waals surface area contributed by atoms with Crippen LogP contribution in [0.2, 0.25) is 0 Å². The lowest BCUT2D eigenvalue weighted by Gasteiger charge is -2.58. The van der Waals surface area contributed by atoms with E-state index in [0.29, 0.717) is 19.8 Å². The molecule has 6 nitrogen and oxygen atoms in total.